The van der Waals surface area contributed by atoms with Crippen molar-refractivity contribution in [3.05, 3.63) is 0 Å². The van der Waals surface area contributed by atoms with Gasteiger partial charge >= 0.3 is 0 Å². The second kappa shape index (κ2) is 5.31. The standard InChI is InChI=1S/C13H25NO/c1-2-5-13(6-7-13)11-14-9-12-4-3-8-15-10-12/h12,14H,2-11H2,1H3. The van der Waals surface area contributed by atoms with Crippen LogP contribution in [-0.4, -0.2) is 26.3 Å². The Kier molecular flexibility index (Phi) is 4.04. The van der Waals surface area contributed by atoms with E-state index in [1.54, 1.807) is 0 Å². The van der Waals surface area contributed by atoms with E-state index >= 15 is 0 Å². The molecule has 1 N–H and O–H groups in total. The van der Waals surface area contributed by atoms with Gasteiger partial charge in [0.1, 0.15) is 0 Å². The molecular weight excluding hydrogens is 186 g/mol. The van der Waals surface area contributed by atoms with Crippen molar-refractivity contribution < 1.29 is 4.74 Å². The third kappa shape index (κ3) is 3.46. The van der Waals surface area contributed by atoms with Crippen molar-refractivity contribution >= 4 is 0 Å². The molecule has 2 rings (SSSR count). The van der Waals surface area contributed by atoms with Gasteiger partial charge in [-0.15, -0.1) is 0 Å². The first-order valence-corrected chi connectivity index (χ1v) is 6.63. The SMILES string of the molecule is CCCC1(CNCC2CCCOC2)CC1. The molecule has 15 heavy (non-hydrogen) atoms. The smallest absolute Gasteiger partial charge is 0.0506 e. The number of ether oxygens (including phenoxy) is 1. The largest absolute Gasteiger partial charge is 0.381 e. The van der Waals surface area contributed by atoms with E-state index in [2.05, 4.69) is 12.2 Å². The first kappa shape index (κ1) is 11.4. The lowest BCUT2D eigenvalue weighted by atomic mass is 9.99. The van der Waals surface area contributed by atoms with Crippen molar-refractivity contribution in [1.82, 2.24) is 5.32 Å². The van der Waals surface area contributed by atoms with Crippen LogP contribution < -0.4 is 5.32 Å². The molecule has 1 saturated heterocycles. The molecule has 1 aliphatic heterocycles. The van der Waals surface area contributed by atoms with E-state index in [0.717, 1.165) is 19.1 Å². The lowest BCUT2D eigenvalue weighted by molar-refractivity contribution is 0.0543. The average Bonchev–Trinajstić information content (AvgIpc) is 3.00. The van der Waals surface area contributed by atoms with E-state index < -0.39 is 0 Å². The highest BCUT2D eigenvalue weighted by atomic mass is 16.5. The number of hydrogen-bond acceptors (Lipinski definition) is 2. The molecule has 1 saturated carbocycles. The maximum absolute atomic E-state index is 5.49. The monoisotopic (exact) mass is 211 g/mol. The lowest BCUT2D eigenvalue weighted by Gasteiger charge is -2.23. The lowest BCUT2D eigenvalue weighted by Crippen LogP contribution is -2.32. The van der Waals surface area contributed by atoms with Gasteiger partial charge in [-0.1, -0.05) is 13.3 Å². The summed E-state index contributed by atoms with van der Waals surface area (Å²) in [6.45, 7) is 6.68. The summed E-state index contributed by atoms with van der Waals surface area (Å²) in [6, 6.07) is 0. The molecule has 0 aromatic carbocycles. The predicted octanol–water partition coefficient (Wildman–Crippen LogP) is 2.58. The van der Waals surface area contributed by atoms with Crippen molar-refractivity contribution in [2.75, 3.05) is 26.3 Å². The Morgan fingerprint density at radius 2 is 2.27 bits per heavy atom. The van der Waals surface area contributed by atoms with Gasteiger partial charge in [0.15, 0.2) is 0 Å². The molecule has 1 atom stereocenters. The fourth-order valence-corrected chi connectivity index (χ4v) is 2.73. The van der Waals surface area contributed by atoms with E-state index in [4.69, 9.17) is 4.74 Å². The van der Waals surface area contributed by atoms with E-state index in [9.17, 15) is 0 Å². The van der Waals surface area contributed by atoms with Gasteiger partial charge in [-0.05, 0) is 43.4 Å². The highest BCUT2D eigenvalue weighted by Gasteiger charge is 2.40. The summed E-state index contributed by atoms with van der Waals surface area (Å²) in [7, 11) is 0. The minimum Gasteiger partial charge on any atom is -0.381 e. The number of rotatable bonds is 6. The van der Waals surface area contributed by atoms with Crippen LogP contribution in [0.5, 0.6) is 0 Å². The quantitative estimate of drug-likeness (QED) is 0.729. The molecule has 2 nitrogen and oxygen atoms in total. The van der Waals surface area contributed by atoms with Crippen molar-refractivity contribution in [3.63, 3.8) is 0 Å². The fourth-order valence-electron chi connectivity index (χ4n) is 2.73. The normalized spacial score (nSPS) is 29.0. The Morgan fingerprint density at radius 1 is 1.40 bits per heavy atom. The van der Waals surface area contributed by atoms with E-state index in [0.29, 0.717) is 5.41 Å². The zero-order valence-corrected chi connectivity index (χ0v) is 10.1. The summed E-state index contributed by atoms with van der Waals surface area (Å²) in [5, 5.41) is 3.66. The molecule has 0 radical (unpaired) electrons. The highest BCUT2D eigenvalue weighted by molar-refractivity contribution is 4.94. The van der Waals surface area contributed by atoms with Crippen molar-refractivity contribution in [2.45, 2.75) is 45.4 Å². The Balaban J connectivity index is 1.58. The zero-order valence-electron chi connectivity index (χ0n) is 10.1. The molecule has 2 heteroatoms. The van der Waals surface area contributed by atoms with Gasteiger partial charge in [0.25, 0.3) is 0 Å². The van der Waals surface area contributed by atoms with Gasteiger partial charge in [-0.25, -0.2) is 0 Å². The number of hydrogen-bond donors (Lipinski definition) is 1. The van der Waals surface area contributed by atoms with Gasteiger partial charge in [0, 0.05) is 19.7 Å². The summed E-state index contributed by atoms with van der Waals surface area (Å²) in [5.41, 5.74) is 0.699. The highest BCUT2D eigenvalue weighted by Crippen LogP contribution is 2.48. The van der Waals surface area contributed by atoms with Crippen molar-refractivity contribution in [2.24, 2.45) is 11.3 Å². The van der Waals surface area contributed by atoms with Crippen LogP contribution in [0.1, 0.15) is 45.4 Å². The molecule has 1 unspecified atom stereocenters. The molecule has 0 aromatic heterocycles. The topological polar surface area (TPSA) is 21.3 Å². The van der Waals surface area contributed by atoms with Crippen LogP contribution in [0.25, 0.3) is 0 Å². The molecule has 88 valence electrons. The van der Waals surface area contributed by atoms with Gasteiger partial charge in [0.2, 0.25) is 0 Å². The van der Waals surface area contributed by atoms with Gasteiger partial charge in [0.05, 0.1) is 6.61 Å². The Morgan fingerprint density at radius 3 is 2.87 bits per heavy atom. The average molecular weight is 211 g/mol. The predicted molar refractivity (Wildman–Crippen MR) is 63.0 cm³/mol. The molecule has 0 spiro atoms. The maximum atomic E-state index is 5.49. The van der Waals surface area contributed by atoms with Crippen LogP contribution in [0, 0.1) is 11.3 Å². The zero-order chi connectivity index (χ0) is 10.6. The summed E-state index contributed by atoms with van der Waals surface area (Å²) >= 11 is 0. The van der Waals surface area contributed by atoms with E-state index in [-0.39, 0.29) is 0 Å². The molecule has 1 heterocycles. The van der Waals surface area contributed by atoms with Crippen LogP contribution in [0.15, 0.2) is 0 Å². The number of nitrogens with one attached hydrogen (secondary N) is 1. The molecule has 1 aliphatic carbocycles. The second-order valence-corrected chi connectivity index (χ2v) is 5.46. The minimum atomic E-state index is 0.699. The van der Waals surface area contributed by atoms with Crippen LogP contribution in [-0.2, 0) is 4.74 Å². The second-order valence-electron chi connectivity index (χ2n) is 5.46. The van der Waals surface area contributed by atoms with Gasteiger partial charge in [-0.2, -0.15) is 0 Å². The molecule has 0 amide bonds. The summed E-state index contributed by atoms with van der Waals surface area (Å²) in [4.78, 5) is 0. The van der Waals surface area contributed by atoms with Crippen LogP contribution in [0.4, 0.5) is 0 Å². The summed E-state index contributed by atoms with van der Waals surface area (Å²) < 4.78 is 5.49. The third-order valence-electron chi connectivity index (χ3n) is 3.93. The van der Waals surface area contributed by atoms with Crippen molar-refractivity contribution in [1.29, 1.82) is 0 Å². The molecule has 0 bridgehead atoms. The molecule has 0 aromatic rings. The fraction of sp³-hybridized carbons (Fsp3) is 1.00. The van der Waals surface area contributed by atoms with Gasteiger partial charge < -0.3 is 10.1 Å². The van der Waals surface area contributed by atoms with Crippen LogP contribution in [0.3, 0.4) is 0 Å². The Hall–Kier alpha value is -0.0800. The molecular formula is C13H25NO. The van der Waals surface area contributed by atoms with Gasteiger partial charge in [-0.3, -0.25) is 0 Å². The van der Waals surface area contributed by atoms with Crippen LogP contribution in [0.2, 0.25) is 0 Å². The Labute approximate surface area is 93.8 Å². The van der Waals surface area contributed by atoms with Crippen LogP contribution >= 0.6 is 0 Å². The molecule has 2 aliphatic rings. The van der Waals surface area contributed by atoms with E-state index in [1.165, 1.54) is 51.6 Å². The first-order valence-electron chi connectivity index (χ1n) is 6.63. The third-order valence-corrected chi connectivity index (χ3v) is 3.93. The summed E-state index contributed by atoms with van der Waals surface area (Å²) in [5.74, 6) is 0.774. The first-order chi connectivity index (χ1) is 7.35. The minimum absolute atomic E-state index is 0.699. The summed E-state index contributed by atoms with van der Waals surface area (Å²) in [6.07, 6.45) is 8.28. The molecule has 2 fully saturated rings. The Bertz CT molecular complexity index is 183. The van der Waals surface area contributed by atoms with Crippen molar-refractivity contribution in [3.8, 4) is 0 Å². The van der Waals surface area contributed by atoms with E-state index in [1.807, 2.05) is 0 Å². The maximum Gasteiger partial charge on any atom is 0.0506 e.